The number of aryl methyl sites for hydroxylation is 1. The third-order valence-corrected chi connectivity index (χ3v) is 4.17. The van der Waals surface area contributed by atoms with Crippen molar-refractivity contribution in [1.82, 2.24) is 0 Å². The molecule has 2 aromatic rings. The zero-order chi connectivity index (χ0) is 15.2. The number of hydrogen-bond acceptors (Lipinski definition) is 5. The first-order valence-corrected chi connectivity index (χ1v) is 7.70. The lowest BCUT2D eigenvalue weighted by Gasteiger charge is -2.17. The lowest BCUT2D eigenvalue weighted by Crippen LogP contribution is -2.12. The third kappa shape index (κ3) is 3.68. The van der Waals surface area contributed by atoms with Gasteiger partial charge in [0.05, 0.1) is 21.3 Å². The summed E-state index contributed by atoms with van der Waals surface area (Å²) in [5, 5.41) is 4.24. The zero-order valence-corrected chi connectivity index (χ0v) is 13.4. The normalized spacial score (nSPS) is 12.0. The van der Waals surface area contributed by atoms with Crippen LogP contribution in [0.3, 0.4) is 0 Å². The molecule has 0 aliphatic heterocycles. The topological polar surface area (TPSA) is 53.7 Å². The van der Waals surface area contributed by atoms with Crippen molar-refractivity contribution in [3.63, 3.8) is 0 Å². The van der Waals surface area contributed by atoms with Gasteiger partial charge >= 0.3 is 0 Å². The molecule has 0 spiro atoms. The maximum atomic E-state index is 6.30. The fourth-order valence-electron chi connectivity index (χ4n) is 2.24. The fraction of sp³-hybridized carbons (Fsp3) is 0.375. The Bertz CT molecular complexity index is 544. The van der Waals surface area contributed by atoms with Gasteiger partial charge in [0.15, 0.2) is 11.5 Å². The van der Waals surface area contributed by atoms with E-state index in [4.69, 9.17) is 19.9 Å². The van der Waals surface area contributed by atoms with Crippen LogP contribution < -0.4 is 19.9 Å². The van der Waals surface area contributed by atoms with Crippen molar-refractivity contribution in [3.8, 4) is 17.2 Å². The zero-order valence-electron chi connectivity index (χ0n) is 12.6. The quantitative estimate of drug-likeness (QED) is 0.851. The molecule has 1 aromatic carbocycles. The van der Waals surface area contributed by atoms with E-state index in [-0.39, 0.29) is 6.04 Å². The maximum Gasteiger partial charge on any atom is 0.203 e. The van der Waals surface area contributed by atoms with Crippen LogP contribution >= 0.6 is 11.3 Å². The summed E-state index contributed by atoms with van der Waals surface area (Å²) in [6.45, 7) is 0. The van der Waals surface area contributed by atoms with Gasteiger partial charge in [-0.15, -0.1) is 0 Å². The smallest absolute Gasteiger partial charge is 0.203 e. The van der Waals surface area contributed by atoms with E-state index in [0.717, 1.165) is 18.4 Å². The standard InChI is InChI=1S/C16H21NO3S/c1-18-14-8-12(9-15(19-2)16(14)20-3)13(17)5-4-11-6-7-21-10-11/h6-10,13H,4-5,17H2,1-3H3. The molecular formula is C16H21NO3S. The summed E-state index contributed by atoms with van der Waals surface area (Å²) in [7, 11) is 4.81. The van der Waals surface area contributed by atoms with E-state index in [1.54, 1.807) is 32.7 Å². The molecule has 0 saturated carbocycles. The Balaban J connectivity index is 2.18. The highest BCUT2D eigenvalue weighted by molar-refractivity contribution is 7.07. The summed E-state index contributed by atoms with van der Waals surface area (Å²) in [4.78, 5) is 0. The van der Waals surface area contributed by atoms with Gasteiger partial charge in [0.25, 0.3) is 0 Å². The lowest BCUT2D eigenvalue weighted by molar-refractivity contribution is 0.323. The number of rotatable bonds is 7. The molecule has 1 heterocycles. The van der Waals surface area contributed by atoms with Gasteiger partial charge in [-0.25, -0.2) is 0 Å². The predicted molar refractivity (Wildman–Crippen MR) is 85.7 cm³/mol. The molecule has 21 heavy (non-hydrogen) atoms. The van der Waals surface area contributed by atoms with Gasteiger partial charge < -0.3 is 19.9 Å². The molecule has 114 valence electrons. The molecule has 1 aromatic heterocycles. The van der Waals surface area contributed by atoms with E-state index in [1.807, 2.05) is 12.1 Å². The van der Waals surface area contributed by atoms with Crippen LogP contribution in [0.4, 0.5) is 0 Å². The first-order chi connectivity index (χ1) is 10.2. The molecular weight excluding hydrogens is 286 g/mol. The van der Waals surface area contributed by atoms with Gasteiger partial charge in [-0.1, -0.05) is 0 Å². The largest absolute Gasteiger partial charge is 0.493 e. The second-order valence-electron chi connectivity index (χ2n) is 4.74. The van der Waals surface area contributed by atoms with E-state index in [9.17, 15) is 0 Å². The molecule has 1 atom stereocenters. The van der Waals surface area contributed by atoms with Gasteiger partial charge in [0.2, 0.25) is 5.75 Å². The molecule has 2 N–H and O–H groups in total. The number of nitrogens with two attached hydrogens (primary N) is 1. The fourth-order valence-corrected chi connectivity index (χ4v) is 2.94. The number of methoxy groups -OCH3 is 3. The summed E-state index contributed by atoms with van der Waals surface area (Å²) in [6, 6.07) is 5.89. The van der Waals surface area contributed by atoms with Gasteiger partial charge in [0.1, 0.15) is 0 Å². The van der Waals surface area contributed by atoms with Crippen molar-refractivity contribution >= 4 is 11.3 Å². The molecule has 0 amide bonds. The molecule has 2 rings (SSSR count). The van der Waals surface area contributed by atoms with Crippen LogP contribution in [0.5, 0.6) is 17.2 Å². The van der Waals surface area contributed by atoms with Crippen molar-refractivity contribution in [1.29, 1.82) is 0 Å². The van der Waals surface area contributed by atoms with Crippen LogP contribution in [0.2, 0.25) is 0 Å². The average molecular weight is 307 g/mol. The molecule has 5 heteroatoms. The van der Waals surface area contributed by atoms with Crippen LogP contribution in [0.1, 0.15) is 23.6 Å². The van der Waals surface area contributed by atoms with E-state index < -0.39 is 0 Å². The Hall–Kier alpha value is -1.72. The first-order valence-electron chi connectivity index (χ1n) is 6.76. The Kier molecular flexibility index (Phi) is 5.47. The second kappa shape index (κ2) is 7.33. The third-order valence-electron chi connectivity index (χ3n) is 3.44. The van der Waals surface area contributed by atoms with Gasteiger partial charge in [-0.3, -0.25) is 0 Å². The van der Waals surface area contributed by atoms with E-state index in [1.165, 1.54) is 5.56 Å². The van der Waals surface area contributed by atoms with Gasteiger partial charge in [0, 0.05) is 6.04 Å². The van der Waals surface area contributed by atoms with Gasteiger partial charge in [-0.2, -0.15) is 11.3 Å². The van der Waals surface area contributed by atoms with E-state index in [2.05, 4.69) is 16.8 Å². The minimum Gasteiger partial charge on any atom is -0.493 e. The number of hydrogen-bond donors (Lipinski definition) is 1. The number of thiophene rings is 1. The minimum absolute atomic E-state index is 0.0707. The van der Waals surface area contributed by atoms with Crippen molar-refractivity contribution in [3.05, 3.63) is 40.1 Å². The summed E-state index contributed by atoms with van der Waals surface area (Å²) in [6.07, 6.45) is 1.83. The van der Waals surface area contributed by atoms with Crippen LogP contribution in [-0.2, 0) is 6.42 Å². The molecule has 0 radical (unpaired) electrons. The van der Waals surface area contributed by atoms with Crippen molar-refractivity contribution < 1.29 is 14.2 Å². The van der Waals surface area contributed by atoms with Crippen LogP contribution in [0.25, 0.3) is 0 Å². The van der Waals surface area contributed by atoms with Crippen molar-refractivity contribution in [2.45, 2.75) is 18.9 Å². The van der Waals surface area contributed by atoms with Crippen molar-refractivity contribution in [2.24, 2.45) is 5.73 Å². The SMILES string of the molecule is COc1cc(C(N)CCc2ccsc2)cc(OC)c1OC. The highest BCUT2D eigenvalue weighted by atomic mass is 32.1. The summed E-state index contributed by atoms with van der Waals surface area (Å²) in [5.74, 6) is 1.87. The van der Waals surface area contributed by atoms with Crippen LogP contribution in [-0.4, -0.2) is 21.3 Å². The number of ether oxygens (including phenoxy) is 3. The average Bonchev–Trinajstić information content (AvgIpc) is 3.04. The summed E-state index contributed by atoms with van der Waals surface area (Å²) >= 11 is 1.71. The molecule has 0 aliphatic carbocycles. The molecule has 0 fully saturated rings. The Morgan fingerprint density at radius 1 is 1.10 bits per heavy atom. The maximum absolute atomic E-state index is 6.30. The molecule has 0 bridgehead atoms. The minimum atomic E-state index is -0.0707. The van der Waals surface area contributed by atoms with Crippen LogP contribution in [0, 0.1) is 0 Å². The Morgan fingerprint density at radius 2 is 1.76 bits per heavy atom. The molecule has 0 aliphatic rings. The van der Waals surface area contributed by atoms with Gasteiger partial charge in [-0.05, 0) is 52.9 Å². The Labute approximate surface area is 129 Å². The monoisotopic (exact) mass is 307 g/mol. The van der Waals surface area contributed by atoms with Crippen molar-refractivity contribution in [2.75, 3.05) is 21.3 Å². The molecule has 1 unspecified atom stereocenters. The van der Waals surface area contributed by atoms with Crippen LogP contribution in [0.15, 0.2) is 29.0 Å². The predicted octanol–water partition coefficient (Wildman–Crippen LogP) is 3.41. The highest BCUT2D eigenvalue weighted by Gasteiger charge is 2.16. The van der Waals surface area contributed by atoms with E-state index >= 15 is 0 Å². The summed E-state index contributed by atoms with van der Waals surface area (Å²) < 4.78 is 16.0. The summed E-state index contributed by atoms with van der Waals surface area (Å²) in [5.41, 5.74) is 8.61. The van der Waals surface area contributed by atoms with E-state index in [0.29, 0.717) is 17.2 Å². The number of benzene rings is 1. The molecule has 0 saturated heterocycles. The first kappa shape index (κ1) is 15.7. The second-order valence-corrected chi connectivity index (χ2v) is 5.52. The lowest BCUT2D eigenvalue weighted by atomic mass is 10.00. The molecule has 4 nitrogen and oxygen atoms in total. The Morgan fingerprint density at radius 3 is 2.24 bits per heavy atom. The highest BCUT2D eigenvalue weighted by Crippen LogP contribution is 2.39.